The van der Waals surface area contributed by atoms with Gasteiger partial charge in [0, 0.05) is 25.4 Å². The van der Waals surface area contributed by atoms with Gasteiger partial charge in [-0.3, -0.25) is 0 Å². The number of carbonyl (C=O) groups is 1. The maximum absolute atomic E-state index is 12.1. The predicted octanol–water partition coefficient (Wildman–Crippen LogP) is 3.35. The summed E-state index contributed by atoms with van der Waals surface area (Å²) in [6, 6.07) is 12.9. The van der Waals surface area contributed by atoms with Crippen molar-refractivity contribution in [3.8, 4) is 11.5 Å². The van der Waals surface area contributed by atoms with Gasteiger partial charge in [-0.25, -0.2) is 4.79 Å². The second-order valence-electron chi connectivity index (χ2n) is 5.44. The van der Waals surface area contributed by atoms with E-state index >= 15 is 0 Å². The van der Waals surface area contributed by atoms with Crippen molar-refractivity contribution in [2.45, 2.75) is 13.5 Å². The maximum atomic E-state index is 12.1. The Morgan fingerprint density at radius 3 is 2.56 bits per heavy atom. The Hall–Kier alpha value is -2.73. The van der Waals surface area contributed by atoms with Crippen LogP contribution in [0, 0.1) is 6.92 Å². The minimum atomic E-state index is -0.281. The van der Waals surface area contributed by atoms with Crippen molar-refractivity contribution in [3.05, 3.63) is 53.6 Å². The fourth-order valence-electron chi connectivity index (χ4n) is 2.26. The van der Waals surface area contributed by atoms with Gasteiger partial charge in [0.05, 0.1) is 13.7 Å². The average molecular weight is 344 g/mol. The van der Waals surface area contributed by atoms with Crippen molar-refractivity contribution in [2.75, 3.05) is 32.8 Å². The Morgan fingerprint density at radius 2 is 1.84 bits per heavy atom. The van der Waals surface area contributed by atoms with E-state index in [-0.39, 0.29) is 6.03 Å². The topological polar surface area (TPSA) is 68.8 Å². The lowest BCUT2D eigenvalue weighted by molar-refractivity contribution is 0.144. The number of aryl methyl sites for hydroxylation is 1. The molecule has 0 spiro atoms. The number of hydrogen-bond donors (Lipinski definition) is 2. The number of ether oxygens (including phenoxy) is 3. The lowest BCUT2D eigenvalue weighted by Crippen LogP contribution is -2.28. The zero-order chi connectivity index (χ0) is 18.1. The fourth-order valence-corrected chi connectivity index (χ4v) is 2.26. The third kappa shape index (κ3) is 5.69. The molecule has 0 bridgehead atoms. The molecule has 0 radical (unpaired) electrons. The highest BCUT2D eigenvalue weighted by Gasteiger charge is 2.08. The van der Waals surface area contributed by atoms with Gasteiger partial charge < -0.3 is 24.8 Å². The van der Waals surface area contributed by atoms with E-state index in [0.29, 0.717) is 36.9 Å². The highest BCUT2D eigenvalue weighted by atomic mass is 16.5. The lowest BCUT2D eigenvalue weighted by Gasteiger charge is -2.13. The van der Waals surface area contributed by atoms with Gasteiger partial charge in [0.1, 0.15) is 6.61 Å². The summed E-state index contributed by atoms with van der Waals surface area (Å²) in [5.41, 5.74) is 2.84. The smallest absolute Gasteiger partial charge is 0.319 e. The highest BCUT2D eigenvalue weighted by molar-refractivity contribution is 5.89. The summed E-state index contributed by atoms with van der Waals surface area (Å²) < 4.78 is 15.8. The van der Waals surface area contributed by atoms with E-state index < -0.39 is 0 Å². The van der Waals surface area contributed by atoms with Crippen LogP contribution in [0.15, 0.2) is 42.5 Å². The van der Waals surface area contributed by atoms with E-state index in [4.69, 9.17) is 14.2 Å². The number of benzene rings is 2. The maximum Gasteiger partial charge on any atom is 0.319 e. The van der Waals surface area contributed by atoms with Crippen molar-refractivity contribution in [1.82, 2.24) is 5.32 Å². The second-order valence-corrected chi connectivity index (χ2v) is 5.44. The van der Waals surface area contributed by atoms with Crippen LogP contribution in [-0.4, -0.2) is 33.5 Å². The molecule has 0 aliphatic heterocycles. The zero-order valence-corrected chi connectivity index (χ0v) is 14.8. The van der Waals surface area contributed by atoms with Crippen LogP contribution in [0.2, 0.25) is 0 Å². The van der Waals surface area contributed by atoms with E-state index in [1.807, 2.05) is 31.2 Å². The molecule has 0 aromatic heterocycles. The molecule has 0 aliphatic rings. The van der Waals surface area contributed by atoms with Crippen LogP contribution >= 0.6 is 0 Å². The lowest BCUT2D eigenvalue weighted by atomic mass is 10.1. The molecule has 0 saturated heterocycles. The molecule has 2 rings (SSSR count). The minimum Gasteiger partial charge on any atom is -0.493 e. The number of methoxy groups -OCH3 is 2. The Labute approximate surface area is 148 Å². The van der Waals surface area contributed by atoms with E-state index in [1.165, 1.54) is 0 Å². The van der Waals surface area contributed by atoms with Gasteiger partial charge in [-0.2, -0.15) is 0 Å². The quantitative estimate of drug-likeness (QED) is 0.721. The van der Waals surface area contributed by atoms with Crippen LogP contribution < -0.4 is 20.1 Å². The van der Waals surface area contributed by atoms with Gasteiger partial charge in [0.2, 0.25) is 0 Å². The molecule has 134 valence electrons. The number of nitrogens with one attached hydrogen (secondary N) is 2. The largest absolute Gasteiger partial charge is 0.493 e. The third-order valence-electron chi connectivity index (χ3n) is 3.67. The SMILES string of the molecule is COCCOc1cc(NC(=O)NCc2ccccc2C)ccc1OC. The first-order chi connectivity index (χ1) is 12.1. The Morgan fingerprint density at radius 1 is 1.04 bits per heavy atom. The van der Waals surface area contributed by atoms with Gasteiger partial charge in [-0.15, -0.1) is 0 Å². The number of amides is 2. The summed E-state index contributed by atoms with van der Waals surface area (Å²) in [6.07, 6.45) is 0. The summed E-state index contributed by atoms with van der Waals surface area (Å²) in [7, 11) is 3.18. The first kappa shape index (κ1) is 18.6. The van der Waals surface area contributed by atoms with Crippen molar-refractivity contribution in [3.63, 3.8) is 0 Å². The highest BCUT2D eigenvalue weighted by Crippen LogP contribution is 2.30. The Balaban J connectivity index is 1.95. The number of rotatable bonds is 8. The predicted molar refractivity (Wildman–Crippen MR) is 97.4 cm³/mol. The van der Waals surface area contributed by atoms with Crippen molar-refractivity contribution < 1.29 is 19.0 Å². The molecule has 2 aromatic rings. The molecule has 2 N–H and O–H groups in total. The third-order valence-corrected chi connectivity index (χ3v) is 3.67. The van der Waals surface area contributed by atoms with Crippen LogP contribution in [0.4, 0.5) is 10.5 Å². The molecule has 0 fully saturated rings. The van der Waals surface area contributed by atoms with E-state index in [1.54, 1.807) is 32.4 Å². The van der Waals surface area contributed by atoms with Crippen LogP contribution in [0.5, 0.6) is 11.5 Å². The standard InChI is InChI=1S/C19H24N2O4/c1-14-6-4-5-7-15(14)13-20-19(22)21-16-8-9-17(24-3)18(12-16)25-11-10-23-2/h4-9,12H,10-11,13H2,1-3H3,(H2,20,21,22). The average Bonchev–Trinajstić information content (AvgIpc) is 2.61. The Bertz CT molecular complexity index is 704. The van der Waals surface area contributed by atoms with Crippen LogP contribution in [0.1, 0.15) is 11.1 Å². The van der Waals surface area contributed by atoms with Gasteiger partial charge in [-0.1, -0.05) is 24.3 Å². The zero-order valence-electron chi connectivity index (χ0n) is 14.8. The van der Waals surface area contributed by atoms with Gasteiger partial charge in [-0.05, 0) is 30.2 Å². The van der Waals surface area contributed by atoms with Crippen molar-refractivity contribution in [1.29, 1.82) is 0 Å². The van der Waals surface area contributed by atoms with E-state index in [2.05, 4.69) is 10.6 Å². The number of urea groups is 1. The van der Waals surface area contributed by atoms with E-state index in [9.17, 15) is 4.79 Å². The fraction of sp³-hybridized carbons (Fsp3) is 0.316. The summed E-state index contributed by atoms with van der Waals surface area (Å²) in [5.74, 6) is 1.15. The van der Waals surface area contributed by atoms with Gasteiger partial charge in [0.25, 0.3) is 0 Å². The van der Waals surface area contributed by atoms with E-state index in [0.717, 1.165) is 11.1 Å². The molecule has 0 heterocycles. The van der Waals surface area contributed by atoms with Crippen LogP contribution in [0.3, 0.4) is 0 Å². The van der Waals surface area contributed by atoms with Gasteiger partial charge >= 0.3 is 6.03 Å². The van der Waals surface area contributed by atoms with Crippen LogP contribution in [-0.2, 0) is 11.3 Å². The van der Waals surface area contributed by atoms with Crippen LogP contribution in [0.25, 0.3) is 0 Å². The summed E-state index contributed by atoms with van der Waals surface area (Å²) >= 11 is 0. The molecular weight excluding hydrogens is 320 g/mol. The molecule has 0 saturated carbocycles. The monoisotopic (exact) mass is 344 g/mol. The van der Waals surface area contributed by atoms with Gasteiger partial charge in [0.15, 0.2) is 11.5 Å². The molecule has 6 nitrogen and oxygen atoms in total. The summed E-state index contributed by atoms with van der Waals surface area (Å²) in [6.45, 7) is 3.35. The number of hydrogen-bond acceptors (Lipinski definition) is 4. The number of carbonyl (C=O) groups excluding carboxylic acids is 1. The normalized spacial score (nSPS) is 10.2. The summed E-state index contributed by atoms with van der Waals surface area (Å²) in [5, 5.41) is 5.64. The molecule has 25 heavy (non-hydrogen) atoms. The van der Waals surface area contributed by atoms with Crippen molar-refractivity contribution in [2.24, 2.45) is 0 Å². The Kier molecular flexibility index (Phi) is 7.10. The molecule has 6 heteroatoms. The molecule has 2 aromatic carbocycles. The first-order valence-corrected chi connectivity index (χ1v) is 8.03. The molecular formula is C19H24N2O4. The number of anilines is 1. The van der Waals surface area contributed by atoms with Crippen molar-refractivity contribution >= 4 is 11.7 Å². The molecule has 2 amide bonds. The second kappa shape index (κ2) is 9.54. The minimum absolute atomic E-state index is 0.281. The molecule has 0 atom stereocenters. The first-order valence-electron chi connectivity index (χ1n) is 8.03. The molecule has 0 unspecified atom stereocenters. The summed E-state index contributed by atoms with van der Waals surface area (Å²) in [4.78, 5) is 12.1. The molecule has 0 aliphatic carbocycles.